The molecule has 1 saturated carbocycles. The van der Waals surface area contributed by atoms with Crippen LogP contribution >= 0.6 is 15.9 Å². The van der Waals surface area contributed by atoms with Crippen LogP contribution in [0.2, 0.25) is 0 Å². The Hall–Kier alpha value is -1.10. The lowest BCUT2D eigenvalue weighted by molar-refractivity contribution is 0.456. The van der Waals surface area contributed by atoms with Gasteiger partial charge in [-0.3, -0.25) is 0 Å². The minimum Gasteiger partial charge on any atom is -0.364 e. The van der Waals surface area contributed by atoms with Gasteiger partial charge in [0, 0.05) is 24.6 Å². The molecule has 0 radical (unpaired) electrons. The summed E-state index contributed by atoms with van der Waals surface area (Å²) in [6.45, 7) is 2.34. The van der Waals surface area contributed by atoms with Gasteiger partial charge in [-0.05, 0) is 34.7 Å². The Morgan fingerprint density at radius 2 is 2.16 bits per heavy atom. The molecular formula is C14H19BrN4. The molecule has 1 aliphatic rings. The lowest BCUT2D eigenvalue weighted by Crippen LogP contribution is -2.27. The first-order chi connectivity index (χ1) is 9.24. The zero-order chi connectivity index (χ0) is 13.2. The molecular weight excluding hydrogens is 304 g/mol. The number of fused-ring (bicyclic) bond motifs is 1. The summed E-state index contributed by atoms with van der Waals surface area (Å²) >= 11 is 3.46. The molecule has 0 aliphatic heterocycles. The summed E-state index contributed by atoms with van der Waals surface area (Å²) in [6, 6.07) is 0.504. The van der Waals surface area contributed by atoms with E-state index in [0.717, 1.165) is 16.1 Å². The minimum absolute atomic E-state index is 0.504. The maximum absolute atomic E-state index is 4.55. The summed E-state index contributed by atoms with van der Waals surface area (Å²) in [7, 11) is 0. The van der Waals surface area contributed by atoms with Gasteiger partial charge in [-0.15, -0.1) is 0 Å². The van der Waals surface area contributed by atoms with Gasteiger partial charge in [0.1, 0.15) is 4.60 Å². The molecule has 4 nitrogen and oxygen atoms in total. The van der Waals surface area contributed by atoms with Crippen molar-refractivity contribution in [3.63, 3.8) is 0 Å². The zero-order valence-electron chi connectivity index (χ0n) is 11.1. The van der Waals surface area contributed by atoms with E-state index in [2.05, 4.69) is 38.1 Å². The van der Waals surface area contributed by atoms with Gasteiger partial charge in [-0.25, -0.2) is 9.97 Å². The maximum atomic E-state index is 4.55. The molecule has 1 fully saturated rings. The first-order valence-electron chi connectivity index (χ1n) is 7.00. The van der Waals surface area contributed by atoms with Crippen molar-refractivity contribution in [1.29, 1.82) is 0 Å². The number of halogens is 1. The van der Waals surface area contributed by atoms with E-state index in [-0.39, 0.29) is 0 Å². The van der Waals surface area contributed by atoms with Crippen LogP contribution in [0.25, 0.3) is 5.65 Å². The zero-order valence-corrected chi connectivity index (χ0v) is 12.7. The summed E-state index contributed by atoms with van der Waals surface area (Å²) in [6.07, 6.45) is 12.2. The molecule has 1 N–H and O–H groups in total. The van der Waals surface area contributed by atoms with Crippen LogP contribution < -0.4 is 5.32 Å². The quantitative estimate of drug-likeness (QED) is 0.853. The van der Waals surface area contributed by atoms with Crippen molar-refractivity contribution < 1.29 is 0 Å². The third kappa shape index (κ3) is 2.76. The third-order valence-corrected chi connectivity index (χ3v) is 4.41. The number of nitrogens with one attached hydrogen (secondary N) is 1. The second-order valence-corrected chi connectivity index (χ2v) is 6.25. The van der Waals surface area contributed by atoms with Gasteiger partial charge in [0.25, 0.3) is 0 Å². The molecule has 5 heteroatoms. The highest BCUT2D eigenvalue weighted by Gasteiger charge is 2.21. The van der Waals surface area contributed by atoms with Gasteiger partial charge < -0.3 is 9.72 Å². The Kier molecular flexibility index (Phi) is 3.73. The summed E-state index contributed by atoms with van der Waals surface area (Å²) < 4.78 is 2.84. The fourth-order valence-corrected chi connectivity index (χ4v) is 3.28. The Morgan fingerprint density at radius 3 is 3.05 bits per heavy atom. The molecule has 2 unspecified atom stereocenters. The molecule has 2 aromatic heterocycles. The Balaban J connectivity index is 1.89. The topological polar surface area (TPSA) is 42.2 Å². The maximum Gasteiger partial charge on any atom is 0.180 e. The van der Waals surface area contributed by atoms with E-state index in [1.807, 2.05) is 23.0 Å². The van der Waals surface area contributed by atoms with E-state index in [0.29, 0.717) is 12.0 Å². The molecule has 19 heavy (non-hydrogen) atoms. The van der Waals surface area contributed by atoms with Gasteiger partial charge in [-0.2, -0.15) is 0 Å². The second-order valence-electron chi connectivity index (χ2n) is 5.44. The minimum atomic E-state index is 0.504. The van der Waals surface area contributed by atoms with Crippen molar-refractivity contribution in [3.05, 3.63) is 23.2 Å². The summed E-state index contributed by atoms with van der Waals surface area (Å²) in [5.41, 5.74) is 0.902. The van der Waals surface area contributed by atoms with Crippen molar-refractivity contribution in [3.8, 4) is 0 Å². The molecule has 0 saturated heterocycles. The van der Waals surface area contributed by atoms with Crippen molar-refractivity contribution in [2.45, 2.75) is 45.1 Å². The highest BCUT2D eigenvalue weighted by Crippen LogP contribution is 2.27. The monoisotopic (exact) mass is 322 g/mol. The van der Waals surface area contributed by atoms with Gasteiger partial charge in [-0.1, -0.05) is 26.2 Å². The standard InChI is InChI=1S/C14H19BrN4/c1-10-5-3-2-4-6-11(10)17-13-14-16-7-8-19(14)9-12(15)18-13/h7-11H,2-6H2,1H3,(H,17,18). The fourth-order valence-electron chi connectivity index (χ4n) is 2.88. The molecule has 2 atom stereocenters. The lowest BCUT2D eigenvalue weighted by atomic mass is 9.97. The van der Waals surface area contributed by atoms with Crippen LogP contribution in [0.1, 0.15) is 39.0 Å². The third-order valence-electron chi connectivity index (χ3n) is 4.03. The van der Waals surface area contributed by atoms with E-state index in [4.69, 9.17) is 0 Å². The summed E-state index contributed by atoms with van der Waals surface area (Å²) in [5, 5.41) is 3.62. The number of imidazole rings is 1. The van der Waals surface area contributed by atoms with Crippen molar-refractivity contribution in [2.75, 3.05) is 5.32 Å². The van der Waals surface area contributed by atoms with Crippen LogP contribution in [0.15, 0.2) is 23.2 Å². The number of rotatable bonds is 2. The number of anilines is 1. The van der Waals surface area contributed by atoms with E-state index in [1.54, 1.807) is 0 Å². The molecule has 2 heterocycles. The molecule has 1 aliphatic carbocycles. The van der Waals surface area contributed by atoms with Gasteiger partial charge >= 0.3 is 0 Å². The molecule has 0 aromatic carbocycles. The number of aromatic nitrogens is 3. The van der Waals surface area contributed by atoms with Crippen molar-refractivity contribution >= 4 is 27.4 Å². The molecule has 0 bridgehead atoms. The predicted octanol–water partition coefficient (Wildman–Crippen LogP) is 3.87. The number of nitrogens with zero attached hydrogens (tertiary/aromatic N) is 3. The summed E-state index contributed by atoms with van der Waals surface area (Å²) in [5.74, 6) is 1.58. The van der Waals surface area contributed by atoms with E-state index in [9.17, 15) is 0 Å². The molecule has 102 valence electrons. The first kappa shape index (κ1) is 12.9. The highest BCUT2D eigenvalue weighted by molar-refractivity contribution is 9.10. The van der Waals surface area contributed by atoms with Crippen molar-refractivity contribution in [1.82, 2.24) is 14.4 Å². The Bertz CT molecular complexity index is 566. The van der Waals surface area contributed by atoms with E-state index < -0.39 is 0 Å². The smallest absolute Gasteiger partial charge is 0.180 e. The van der Waals surface area contributed by atoms with E-state index >= 15 is 0 Å². The second kappa shape index (κ2) is 5.49. The predicted molar refractivity (Wildman–Crippen MR) is 80.3 cm³/mol. The van der Waals surface area contributed by atoms with Crippen LogP contribution in [0.4, 0.5) is 5.82 Å². The Morgan fingerprint density at radius 1 is 1.32 bits per heavy atom. The average molecular weight is 323 g/mol. The average Bonchev–Trinajstić information content (AvgIpc) is 2.75. The van der Waals surface area contributed by atoms with Crippen LogP contribution in [0.3, 0.4) is 0 Å². The lowest BCUT2D eigenvalue weighted by Gasteiger charge is -2.23. The van der Waals surface area contributed by atoms with E-state index in [1.165, 1.54) is 32.1 Å². The fraction of sp³-hybridized carbons (Fsp3) is 0.571. The van der Waals surface area contributed by atoms with Gasteiger partial charge in [0.2, 0.25) is 0 Å². The highest BCUT2D eigenvalue weighted by atomic mass is 79.9. The van der Waals surface area contributed by atoms with Crippen LogP contribution in [-0.4, -0.2) is 20.4 Å². The van der Waals surface area contributed by atoms with Gasteiger partial charge in [0.15, 0.2) is 11.5 Å². The normalized spacial score (nSPS) is 24.3. The number of hydrogen-bond acceptors (Lipinski definition) is 3. The molecule has 3 rings (SSSR count). The van der Waals surface area contributed by atoms with Crippen molar-refractivity contribution in [2.24, 2.45) is 5.92 Å². The SMILES string of the molecule is CC1CCCCCC1Nc1nc(Br)cn2ccnc12. The molecule has 0 spiro atoms. The molecule has 2 aromatic rings. The van der Waals surface area contributed by atoms with Crippen LogP contribution in [0.5, 0.6) is 0 Å². The molecule has 0 amide bonds. The van der Waals surface area contributed by atoms with Crippen LogP contribution in [-0.2, 0) is 0 Å². The Labute approximate surface area is 121 Å². The first-order valence-corrected chi connectivity index (χ1v) is 7.79. The largest absolute Gasteiger partial charge is 0.364 e. The van der Waals surface area contributed by atoms with Crippen LogP contribution in [0, 0.1) is 5.92 Å². The van der Waals surface area contributed by atoms with Gasteiger partial charge in [0.05, 0.1) is 0 Å². The number of hydrogen-bond donors (Lipinski definition) is 1. The summed E-state index contributed by atoms with van der Waals surface area (Å²) in [4.78, 5) is 8.95.